The molecule has 0 N–H and O–H groups in total. The van der Waals surface area contributed by atoms with Gasteiger partial charge in [-0.3, -0.25) is 4.90 Å². The molecule has 0 amide bonds. The van der Waals surface area contributed by atoms with E-state index in [-0.39, 0.29) is 16.6 Å². The Labute approximate surface area is 102 Å². The first-order valence-corrected chi connectivity index (χ1v) is 5.76. The molecule has 1 nitrogen and oxygen atoms in total. The van der Waals surface area contributed by atoms with E-state index in [9.17, 15) is 0 Å². The molecular weight excluding hydrogens is 194 g/mol. The fraction of sp³-hybridized carbons (Fsp3) is 0.600. The van der Waals surface area contributed by atoms with Crippen molar-refractivity contribution in [3.8, 4) is 0 Å². The molecular formula is C15H27N. The standard InChI is InChI=1S/C15H27N/c1-10-13(4,5)16(14(6,7)11-2)15(8,9)12-3/h10-12H,1-3H2,4-9H3. The summed E-state index contributed by atoms with van der Waals surface area (Å²) in [4.78, 5) is 2.38. The third-order valence-electron chi connectivity index (χ3n) is 3.23. The zero-order valence-corrected chi connectivity index (χ0v) is 11.8. The molecule has 0 aromatic heterocycles. The van der Waals surface area contributed by atoms with E-state index in [1.54, 1.807) is 0 Å². The Hall–Kier alpha value is -0.820. The Morgan fingerprint density at radius 2 is 0.812 bits per heavy atom. The highest BCUT2D eigenvalue weighted by atomic mass is 15.3. The SMILES string of the molecule is C=CC(C)(C)N(C(C)(C)C=C)C(C)(C)C=C. The zero-order chi connectivity index (χ0) is 13.2. The molecule has 0 bridgehead atoms. The molecule has 0 atom stereocenters. The largest absolute Gasteiger partial charge is 0.278 e. The average molecular weight is 221 g/mol. The van der Waals surface area contributed by atoms with Crippen LogP contribution >= 0.6 is 0 Å². The zero-order valence-electron chi connectivity index (χ0n) is 11.8. The molecule has 1 heteroatoms. The summed E-state index contributed by atoms with van der Waals surface area (Å²) in [5.41, 5.74) is -0.347. The lowest BCUT2D eigenvalue weighted by Gasteiger charge is -2.54. The van der Waals surface area contributed by atoms with Crippen molar-refractivity contribution in [1.82, 2.24) is 4.90 Å². The van der Waals surface area contributed by atoms with Gasteiger partial charge in [-0.05, 0) is 41.5 Å². The Bertz CT molecular complexity index is 234. The normalized spacial score (nSPS) is 13.7. The molecule has 0 aliphatic rings. The van der Waals surface area contributed by atoms with Gasteiger partial charge in [0.2, 0.25) is 0 Å². The van der Waals surface area contributed by atoms with E-state index in [1.807, 2.05) is 18.2 Å². The van der Waals surface area contributed by atoms with Gasteiger partial charge in [0, 0.05) is 16.6 Å². The molecule has 0 radical (unpaired) electrons. The summed E-state index contributed by atoms with van der Waals surface area (Å²) in [6, 6.07) is 0. The lowest BCUT2D eigenvalue weighted by molar-refractivity contribution is 0.00355. The van der Waals surface area contributed by atoms with Gasteiger partial charge in [0.15, 0.2) is 0 Å². The van der Waals surface area contributed by atoms with Crippen LogP contribution in [0.2, 0.25) is 0 Å². The Morgan fingerprint density at radius 3 is 0.938 bits per heavy atom. The van der Waals surface area contributed by atoms with Crippen LogP contribution in [-0.2, 0) is 0 Å². The maximum atomic E-state index is 3.94. The van der Waals surface area contributed by atoms with Crippen molar-refractivity contribution >= 4 is 0 Å². The quantitative estimate of drug-likeness (QED) is 0.608. The monoisotopic (exact) mass is 221 g/mol. The highest BCUT2D eigenvalue weighted by molar-refractivity contribution is 5.16. The summed E-state index contributed by atoms with van der Waals surface area (Å²) >= 11 is 0. The first-order chi connectivity index (χ1) is 7.05. The molecule has 0 unspecified atom stereocenters. The van der Waals surface area contributed by atoms with Gasteiger partial charge in [0.25, 0.3) is 0 Å². The van der Waals surface area contributed by atoms with Gasteiger partial charge in [0.1, 0.15) is 0 Å². The lowest BCUT2D eigenvalue weighted by Crippen LogP contribution is -2.62. The minimum Gasteiger partial charge on any atom is -0.278 e. The van der Waals surface area contributed by atoms with E-state index >= 15 is 0 Å². The summed E-state index contributed by atoms with van der Waals surface area (Å²) in [6.07, 6.45) is 5.93. The summed E-state index contributed by atoms with van der Waals surface area (Å²) in [5.74, 6) is 0. The van der Waals surface area contributed by atoms with Crippen molar-refractivity contribution in [2.75, 3.05) is 0 Å². The maximum Gasteiger partial charge on any atom is 0.0348 e. The van der Waals surface area contributed by atoms with E-state index in [1.165, 1.54) is 0 Å². The van der Waals surface area contributed by atoms with Crippen LogP contribution in [0.15, 0.2) is 38.0 Å². The van der Waals surface area contributed by atoms with Gasteiger partial charge in [-0.25, -0.2) is 0 Å². The molecule has 0 aliphatic heterocycles. The van der Waals surface area contributed by atoms with Crippen LogP contribution in [0.5, 0.6) is 0 Å². The Morgan fingerprint density at radius 1 is 0.625 bits per heavy atom. The molecule has 16 heavy (non-hydrogen) atoms. The van der Waals surface area contributed by atoms with E-state index in [4.69, 9.17) is 0 Å². The molecule has 0 aliphatic carbocycles. The second-order valence-corrected chi connectivity index (χ2v) is 5.91. The van der Waals surface area contributed by atoms with E-state index in [0.717, 1.165) is 0 Å². The number of hydrogen-bond acceptors (Lipinski definition) is 1. The van der Waals surface area contributed by atoms with Crippen LogP contribution in [0.1, 0.15) is 41.5 Å². The topological polar surface area (TPSA) is 3.24 Å². The van der Waals surface area contributed by atoms with E-state index in [2.05, 4.69) is 66.2 Å². The second kappa shape index (κ2) is 4.58. The molecule has 0 aromatic carbocycles. The van der Waals surface area contributed by atoms with Crippen LogP contribution in [0.25, 0.3) is 0 Å². The van der Waals surface area contributed by atoms with Gasteiger partial charge in [-0.1, -0.05) is 18.2 Å². The molecule has 0 saturated carbocycles. The van der Waals surface area contributed by atoms with Crippen molar-refractivity contribution < 1.29 is 0 Å². The molecule has 0 saturated heterocycles. The van der Waals surface area contributed by atoms with E-state index < -0.39 is 0 Å². The summed E-state index contributed by atoms with van der Waals surface area (Å²) in [7, 11) is 0. The number of nitrogens with zero attached hydrogens (tertiary/aromatic N) is 1. The highest BCUT2D eigenvalue weighted by Gasteiger charge is 2.42. The van der Waals surface area contributed by atoms with Crippen LogP contribution in [0, 0.1) is 0 Å². The second-order valence-electron chi connectivity index (χ2n) is 5.91. The molecule has 0 aromatic rings. The van der Waals surface area contributed by atoms with Crippen LogP contribution in [0.4, 0.5) is 0 Å². The van der Waals surface area contributed by atoms with Crippen molar-refractivity contribution in [3.63, 3.8) is 0 Å². The molecule has 0 fully saturated rings. The van der Waals surface area contributed by atoms with Gasteiger partial charge >= 0.3 is 0 Å². The lowest BCUT2D eigenvalue weighted by atomic mass is 9.85. The fourth-order valence-corrected chi connectivity index (χ4v) is 2.50. The third kappa shape index (κ3) is 2.85. The first-order valence-electron chi connectivity index (χ1n) is 5.76. The van der Waals surface area contributed by atoms with Gasteiger partial charge < -0.3 is 0 Å². The van der Waals surface area contributed by atoms with Crippen LogP contribution in [0.3, 0.4) is 0 Å². The van der Waals surface area contributed by atoms with Gasteiger partial charge in [-0.15, -0.1) is 19.7 Å². The van der Waals surface area contributed by atoms with Crippen LogP contribution in [-0.4, -0.2) is 21.5 Å². The van der Waals surface area contributed by atoms with Crippen LogP contribution < -0.4 is 0 Å². The first kappa shape index (κ1) is 15.2. The maximum absolute atomic E-state index is 3.94. The summed E-state index contributed by atoms with van der Waals surface area (Å²) < 4.78 is 0. The Kier molecular flexibility index (Phi) is 4.35. The number of hydrogen-bond donors (Lipinski definition) is 0. The highest BCUT2D eigenvalue weighted by Crippen LogP contribution is 2.35. The fourth-order valence-electron chi connectivity index (χ4n) is 2.50. The predicted octanol–water partition coefficient (Wildman–Crippen LogP) is 4.18. The van der Waals surface area contributed by atoms with Crippen molar-refractivity contribution in [1.29, 1.82) is 0 Å². The minimum absolute atomic E-state index is 0.116. The average Bonchev–Trinajstić information content (AvgIpc) is 2.16. The number of rotatable bonds is 6. The third-order valence-corrected chi connectivity index (χ3v) is 3.23. The van der Waals surface area contributed by atoms with Crippen molar-refractivity contribution in [2.45, 2.75) is 58.2 Å². The van der Waals surface area contributed by atoms with E-state index in [0.29, 0.717) is 0 Å². The Balaban J connectivity index is 5.66. The minimum atomic E-state index is -0.116. The molecule has 0 rings (SSSR count). The predicted molar refractivity (Wildman–Crippen MR) is 74.7 cm³/mol. The molecule has 92 valence electrons. The summed E-state index contributed by atoms with van der Waals surface area (Å²) in [6.45, 7) is 24.8. The smallest absolute Gasteiger partial charge is 0.0348 e. The molecule has 0 spiro atoms. The van der Waals surface area contributed by atoms with Gasteiger partial charge in [0.05, 0.1) is 0 Å². The summed E-state index contributed by atoms with van der Waals surface area (Å²) in [5, 5.41) is 0. The molecule has 0 heterocycles. The van der Waals surface area contributed by atoms with Crippen molar-refractivity contribution in [2.24, 2.45) is 0 Å². The van der Waals surface area contributed by atoms with Crippen molar-refractivity contribution in [3.05, 3.63) is 38.0 Å². The van der Waals surface area contributed by atoms with Gasteiger partial charge in [-0.2, -0.15) is 0 Å².